The SMILES string of the molecule is CCCc1ccc(CN2CCc3nc(-c4cccs4)[nH]c(=O)c3C2)cc1. The Bertz CT molecular complexity index is 929. The second-order valence-electron chi connectivity index (χ2n) is 6.84. The van der Waals surface area contributed by atoms with E-state index in [9.17, 15) is 4.79 Å². The van der Waals surface area contributed by atoms with Gasteiger partial charge in [-0.3, -0.25) is 9.69 Å². The number of aryl methyl sites for hydroxylation is 1. The number of rotatable bonds is 5. The van der Waals surface area contributed by atoms with Crippen molar-refractivity contribution in [2.75, 3.05) is 6.54 Å². The van der Waals surface area contributed by atoms with Crippen molar-refractivity contribution in [2.24, 2.45) is 0 Å². The predicted octanol–water partition coefficient (Wildman–Crippen LogP) is 4.01. The zero-order valence-corrected chi connectivity index (χ0v) is 15.8. The second-order valence-corrected chi connectivity index (χ2v) is 7.79. The number of aromatic amines is 1. The van der Waals surface area contributed by atoms with Gasteiger partial charge in [-0.1, -0.05) is 43.7 Å². The van der Waals surface area contributed by atoms with Crippen LogP contribution in [0.15, 0.2) is 46.6 Å². The Balaban J connectivity index is 1.50. The molecule has 0 aliphatic carbocycles. The zero-order valence-electron chi connectivity index (χ0n) is 15.0. The van der Waals surface area contributed by atoms with Crippen LogP contribution in [0, 0.1) is 0 Å². The predicted molar refractivity (Wildman–Crippen MR) is 106 cm³/mol. The van der Waals surface area contributed by atoms with Crippen molar-refractivity contribution in [3.05, 3.63) is 74.5 Å². The first-order chi connectivity index (χ1) is 12.7. The highest BCUT2D eigenvalue weighted by molar-refractivity contribution is 7.13. The maximum absolute atomic E-state index is 12.6. The van der Waals surface area contributed by atoms with E-state index in [1.807, 2.05) is 17.5 Å². The molecule has 1 aliphatic heterocycles. The Kier molecular flexibility index (Phi) is 5.00. The summed E-state index contributed by atoms with van der Waals surface area (Å²) in [5, 5.41) is 2.00. The maximum atomic E-state index is 12.6. The van der Waals surface area contributed by atoms with E-state index in [-0.39, 0.29) is 5.56 Å². The van der Waals surface area contributed by atoms with Crippen LogP contribution < -0.4 is 5.56 Å². The molecule has 1 aliphatic rings. The molecule has 0 saturated heterocycles. The van der Waals surface area contributed by atoms with E-state index >= 15 is 0 Å². The number of fused-ring (bicyclic) bond motifs is 1. The molecule has 0 atom stereocenters. The van der Waals surface area contributed by atoms with Gasteiger partial charge in [-0.05, 0) is 29.0 Å². The summed E-state index contributed by atoms with van der Waals surface area (Å²) < 4.78 is 0. The van der Waals surface area contributed by atoms with Crippen molar-refractivity contribution >= 4 is 11.3 Å². The molecule has 0 radical (unpaired) electrons. The van der Waals surface area contributed by atoms with Gasteiger partial charge >= 0.3 is 0 Å². The van der Waals surface area contributed by atoms with Crippen LogP contribution in [0.25, 0.3) is 10.7 Å². The summed E-state index contributed by atoms with van der Waals surface area (Å²) in [6, 6.07) is 12.8. The highest BCUT2D eigenvalue weighted by atomic mass is 32.1. The molecule has 1 aromatic carbocycles. The van der Waals surface area contributed by atoms with E-state index in [2.05, 4.69) is 41.1 Å². The van der Waals surface area contributed by atoms with Gasteiger partial charge in [-0.2, -0.15) is 0 Å². The van der Waals surface area contributed by atoms with Gasteiger partial charge in [0.2, 0.25) is 0 Å². The lowest BCUT2D eigenvalue weighted by atomic mass is 10.0. The monoisotopic (exact) mass is 365 g/mol. The molecule has 3 heterocycles. The Hall–Kier alpha value is -2.24. The van der Waals surface area contributed by atoms with Gasteiger partial charge in [-0.15, -0.1) is 11.3 Å². The van der Waals surface area contributed by atoms with E-state index < -0.39 is 0 Å². The summed E-state index contributed by atoms with van der Waals surface area (Å²) in [6.07, 6.45) is 3.13. The van der Waals surface area contributed by atoms with E-state index in [1.165, 1.54) is 17.5 Å². The summed E-state index contributed by atoms with van der Waals surface area (Å²) >= 11 is 1.60. The molecule has 5 heteroatoms. The number of aromatic nitrogens is 2. The lowest BCUT2D eigenvalue weighted by Crippen LogP contribution is -2.35. The van der Waals surface area contributed by atoms with Gasteiger partial charge in [0, 0.05) is 26.1 Å². The third-order valence-electron chi connectivity index (χ3n) is 4.87. The van der Waals surface area contributed by atoms with Gasteiger partial charge < -0.3 is 4.98 Å². The minimum atomic E-state index is 0.00129. The standard InChI is InChI=1S/C21H23N3OS/c1-2-4-15-6-8-16(9-7-15)13-24-11-10-18-17(14-24)21(25)23-20(22-18)19-5-3-12-26-19/h3,5-9,12H,2,4,10-11,13-14H2,1H3,(H,22,23,25). The zero-order chi connectivity index (χ0) is 17.9. The van der Waals surface area contributed by atoms with Crippen molar-refractivity contribution in [1.82, 2.24) is 14.9 Å². The van der Waals surface area contributed by atoms with E-state index in [0.717, 1.165) is 42.1 Å². The average molecular weight is 366 g/mol. The first kappa shape index (κ1) is 17.2. The van der Waals surface area contributed by atoms with E-state index in [0.29, 0.717) is 12.4 Å². The third-order valence-corrected chi connectivity index (χ3v) is 5.75. The summed E-state index contributed by atoms with van der Waals surface area (Å²) in [5.74, 6) is 0.698. The number of benzene rings is 1. The number of nitrogens with one attached hydrogen (secondary N) is 1. The van der Waals surface area contributed by atoms with Crippen molar-refractivity contribution in [3.63, 3.8) is 0 Å². The summed E-state index contributed by atoms with van der Waals surface area (Å²) in [5.41, 5.74) is 4.46. The highest BCUT2D eigenvalue weighted by Gasteiger charge is 2.21. The second kappa shape index (κ2) is 7.56. The molecule has 1 N–H and O–H groups in total. The molecule has 0 saturated carbocycles. The van der Waals surface area contributed by atoms with Crippen LogP contribution in [-0.2, 0) is 25.9 Å². The molecule has 3 aromatic rings. The molecule has 0 bridgehead atoms. The Labute approximate surface area is 157 Å². The number of hydrogen-bond donors (Lipinski definition) is 1. The molecule has 4 rings (SSSR count). The Morgan fingerprint density at radius 2 is 2.00 bits per heavy atom. The molecule has 0 fully saturated rings. The van der Waals surface area contributed by atoms with Gasteiger partial charge in [-0.25, -0.2) is 4.98 Å². The van der Waals surface area contributed by atoms with Crippen LogP contribution in [0.2, 0.25) is 0 Å². The van der Waals surface area contributed by atoms with Crippen LogP contribution in [0.3, 0.4) is 0 Å². The van der Waals surface area contributed by atoms with Crippen molar-refractivity contribution in [2.45, 2.75) is 39.3 Å². The molecule has 26 heavy (non-hydrogen) atoms. The fourth-order valence-corrected chi connectivity index (χ4v) is 4.17. The van der Waals surface area contributed by atoms with E-state index in [4.69, 9.17) is 4.98 Å². The molecule has 4 nitrogen and oxygen atoms in total. The third kappa shape index (κ3) is 3.64. The van der Waals surface area contributed by atoms with Gasteiger partial charge in [0.1, 0.15) is 0 Å². The summed E-state index contributed by atoms with van der Waals surface area (Å²) in [4.78, 5) is 23.6. The number of thiophene rings is 1. The van der Waals surface area contributed by atoms with Gasteiger partial charge in [0.05, 0.1) is 16.1 Å². The van der Waals surface area contributed by atoms with E-state index in [1.54, 1.807) is 11.3 Å². The number of hydrogen-bond acceptors (Lipinski definition) is 4. The average Bonchev–Trinajstić information content (AvgIpc) is 3.19. The van der Waals surface area contributed by atoms with Gasteiger partial charge in [0.25, 0.3) is 5.56 Å². The summed E-state index contributed by atoms with van der Waals surface area (Å²) in [6.45, 7) is 4.68. The van der Waals surface area contributed by atoms with Crippen LogP contribution in [0.4, 0.5) is 0 Å². The minimum absolute atomic E-state index is 0.00129. The molecular formula is C21H23N3OS. The van der Waals surface area contributed by atoms with Crippen molar-refractivity contribution < 1.29 is 0 Å². The van der Waals surface area contributed by atoms with Crippen LogP contribution in [0.1, 0.15) is 35.7 Å². The molecule has 0 spiro atoms. The first-order valence-electron chi connectivity index (χ1n) is 9.19. The van der Waals surface area contributed by atoms with Crippen LogP contribution in [-0.4, -0.2) is 21.4 Å². The normalized spacial score (nSPS) is 14.3. The largest absolute Gasteiger partial charge is 0.306 e. The van der Waals surface area contributed by atoms with Crippen molar-refractivity contribution in [1.29, 1.82) is 0 Å². The van der Waals surface area contributed by atoms with Crippen molar-refractivity contribution in [3.8, 4) is 10.7 Å². The lowest BCUT2D eigenvalue weighted by molar-refractivity contribution is 0.242. The van der Waals surface area contributed by atoms with Gasteiger partial charge in [0.15, 0.2) is 5.82 Å². The number of H-pyrrole nitrogens is 1. The fourth-order valence-electron chi connectivity index (χ4n) is 3.50. The quantitative estimate of drug-likeness (QED) is 0.743. The Morgan fingerprint density at radius 3 is 2.73 bits per heavy atom. The minimum Gasteiger partial charge on any atom is -0.306 e. The number of nitrogens with zero attached hydrogens (tertiary/aromatic N) is 2. The first-order valence-corrected chi connectivity index (χ1v) is 10.1. The molecule has 2 aromatic heterocycles. The highest BCUT2D eigenvalue weighted by Crippen LogP contribution is 2.23. The smallest absolute Gasteiger partial charge is 0.255 e. The van der Waals surface area contributed by atoms with Crippen LogP contribution >= 0.6 is 11.3 Å². The maximum Gasteiger partial charge on any atom is 0.255 e. The molecule has 0 unspecified atom stereocenters. The molecular weight excluding hydrogens is 342 g/mol. The van der Waals surface area contributed by atoms with Crippen LogP contribution in [0.5, 0.6) is 0 Å². The molecule has 134 valence electrons. The summed E-state index contributed by atoms with van der Waals surface area (Å²) in [7, 11) is 0. The lowest BCUT2D eigenvalue weighted by Gasteiger charge is -2.27. The molecule has 0 amide bonds. The Morgan fingerprint density at radius 1 is 1.19 bits per heavy atom. The fraction of sp³-hybridized carbons (Fsp3) is 0.333. The topological polar surface area (TPSA) is 49.0 Å².